The van der Waals surface area contributed by atoms with Gasteiger partial charge in [0.2, 0.25) is 0 Å². The molecule has 0 bridgehead atoms. The van der Waals surface area contributed by atoms with E-state index < -0.39 is 13.1 Å². The number of carbonyl (C=O) groups is 1. The van der Waals surface area contributed by atoms with Crippen molar-refractivity contribution >= 4 is 41.6 Å². The topological polar surface area (TPSA) is 54.4 Å². The molecule has 0 aliphatic carbocycles. The predicted molar refractivity (Wildman–Crippen MR) is 89.9 cm³/mol. The van der Waals surface area contributed by atoms with Crippen molar-refractivity contribution in [3.63, 3.8) is 0 Å². The van der Waals surface area contributed by atoms with Crippen molar-refractivity contribution in [1.29, 1.82) is 0 Å². The minimum absolute atomic E-state index is 0.00468. The molecule has 2 rings (SSSR count). The van der Waals surface area contributed by atoms with Gasteiger partial charge in [-0.1, -0.05) is 59.5 Å². The van der Waals surface area contributed by atoms with Gasteiger partial charge in [-0.3, -0.25) is 0 Å². The number of benzene rings is 2. The van der Waals surface area contributed by atoms with Gasteiger partial charge in [0, 0.05) is 17.5 Å². The molecule has 2 aromatic rings. The van der Waals surface area contributed by atoms with E-state index in [9.17, 15) is 9.36 Å². The molecular formula is C16H11Cl2O3P. The zero-order chi connectivity index (χ0) is 16.3. The van der Waals surface area contributed by atoms with E-state index >= 15 is 0 Å². The first-order valence-electron chi connectivity index (χ1n) is 6.20. The van der Waals surface area contributed by atoms with Crippen molar-refractivity contribution in [2.45, 2.75) is 0 Å². The number of hydrogen-bond acceptors (Lipinski definition) is 2. The number of halogens is 2. The molecule has 1 unspecified atom stereocenters. The Balaban J connectivity index is 2.41. The van der Waals surface area contributed by atoms with E-state index in [0.717, 1.165) is 0 Å². The molecule has 0 saturated heterocycles. The fraction of sp³-hybridized carbons (Fsp3) is 0.0625. The van der Waals surface area contributed by atoms with Gasteiger partial charge in [-0.05, 0) is 17.8 Å². The van der Waals surface area contributed by atoms with Gasteiger partial charge in [0.1, 0.15) is 0 Å². The van der Waals surface area contributed by atoms with Crippen molar-refractivity contribution in [3.8, 4) is 11.6 Å². The third-order valence-corrected chi connectivity index (χ3v) is 5.34. The Kier molecular flexibility index (Phi) is 4.98. The lowest BCUT2D eigenvalue weighted by Crippen LogP contribution is -2.01. The van der Waals surface area contributed by atoms with Gasteiger partial charge in [-0.25, -0.2) is 4.79 Å². The molecule has 0 radical (unpaired) electrons. The van der Waals surface area contributed by atoms with E-state index in [1.165, 1.54) is 12.1 Å². The van der Waals surface area contributed by atoms with Crippen molar-refractivity contribution < 1.29 is 14.5 Å². The summed E-state index contributed by atoms with van der Waals surface area (Å²) in [7, 11) is -2.84. The fourth-order valence-electron chi connectivity index (χ4n) is 1.80. The predicted octanol–water partition coefficient (Wildman–Crippen LogP) is 4.32. The number of aromatic carboxylic acids is 1. The van der Waals surface area contributed by atoms with Crippen molar-refractivity contribution in [1.82, 2.24) is 0 Å². The average Bonchev–Trinajstić information content (AvgIpc) is 2.45. The van der Waals surface area contributed by atoms with Crippen LogP contribution in [0.4, 0.5) is 0 Å². The first kappa shape index (κ1) is 16.6. The maximum Gasteiger partial charge on any atom is 0.338 e. The van der Waals surface area contributed by atoms with Crippen LogP contribution < -0.4 is 5.30 Å². The van der Waals surface area contributed by atoms with E-state index in [4.69, 9.17) is 28.3 Å². The Labute approximate surface area is 138 Å². The lowest BCUT2D eigenvalue weighted by atomic mass is 10.1. The van der Waals surface area contributed by atoms with Crippen LogP contribution in [-0.4, -0.2) is 17.7 Å². The molecular weight excluding hydrogens is 342 g/mol. The van der Waals surface area contributed by atoms with Crippen LogP contribution in [0.15, 0.2) is 42.5 Å². The van der Waals surface area contributed by atoms with Crippen LogP contribution in [0.1, 0.15) is 15.9 Å². The van der Waals surface area contributed by atoms with E-state index in [0.29, 0.717) is 10.9 Å². The first-order valence-corrected chi connectivity index (χ1v) is 9.11. The quantitative estimate of drug-likeness (QED) is 0.646. The van der Waals surface area contributed by atoms with Crippen LogP contribution in [0.3, 0.4) is 0 Å². The van der Waals surface area contributed by atoms with Gasteiger partial charge < -0.3 is 9.67 Å². The highest BCUT2D eigenvalue weighted by Gasteiger charge is 2.16. The third-order valence-electron chi connectivity index (χ3n) is 2.92. The van der Waals surface area contributed by atoms with Crippen LogP contribution in [0.2, 0.25) is 10.0 Å². The molecule has 112 valence electrons. The molecule has 2 aromatic carbocycles. The van der Waals surface area contributed by atoms with Crippen LogP contribution in [-0.2, 0) is 4.57 Å². The summed E-state index contributed by atoms with van der Waals surface area (Å²) in [5.41, 5.74) is 2.98. The molecule has 22 heavy (non-hydrogen) atoms. The first-order chi connectivity index (χ1) is 10.3. The molecule has 3 nitrogen and oxygen atoms in total. The largest absolute Gasteiger partial charge is 0.478 e. The van der Waals surface area contributed by atoms with E-state index in [-0.39, 0.29) is 15.6 Å². The lowest BCUT2D eigenvalue weighted by Gasteiger charge is -2.05. The lowest BCUT2D eigenvalue weighted by molar-refractivity contribution is 0.0697. The summed E-state index contributed by atoms with van der Waals surface area (Å²) in [5, 5.41) is 9.64. The van der Waals surface area contributed by atoms with Crippen LogP contribution in [0.5, 0.6) is 0 Å². The standard InChI is InChI=1S/C16H11Cl2O3P/c1-22(21,12-5-3-2-4-6-12)8-7-11-9-13(17)15(16(19)20)14(18)10-11/h2-6,9-10H,1H3,(H,19,20). The Morgan fingerprint density at radius 2 is 1.68 bits per heavy atom. The van der Waals surface area contributed by atoms with Crippen LogP contribution >= 0.6 is 30.3 Å². The SMILES string of the molecule is CP(=O)(C#Cc1cc(Cl)c(C(=O)O)c(Cl)c1)c1ccccc1. The molecule has 0 fully saturated rings. The number of carboxylic acid groups (broad SMARTS) is 1. The highest BCUT2D eigenvalue weighted by molar-refractivity contribution is 7.75. The van der Waals surface area contributed by atoms with Gasteiger partial charge in [0.25, 0.3) is 0 Å². The molecule has 0 aliphatic rings. The molecule has 0 saturated carbocycles. The average molecular weight is 353 g/mol. The Bertz CT molecular complexity index is 812. The van der Waals surface area contributed by atoms with Crippen LogP contribution in [0, 0.1) is 11.6 Å². The molecule has 1 atom stereocenters. The highest BCUT2D eigenvalue weighted by Crippen LogP contribution is 2.38. The second kappa shape index (κ2) is 6.58. The zero-order valence-corrected chi connectivity index (χ0v) is 13.9. The van der Waals surface area contributed by atoms with Crippen LogP contribution in [0.25, 0.3) is 0 Å². The molecule has 6 heteroatoms. The Morgan fingerprint density at radius 3 is 2.18 bits per heavy atom. The molecule has 0 aliphatic heterocycles. The summed E-state index contributed by atoms with van der Waals surface area (Å²) in [5.74, 6) is 1.55. The zero-order valence-electron chi connectivity index (χ0n) is 11.5. The minimum atomic E-state index is -2.84. The second-order valence-electron chi connectivity index (χ2n) is 4.62. The number of hydrogen-bond donors (Lipinski definition) is 1. The molecule has 0 amide bonds. The van der Waals surface area contributed by atoms with Gasteiger partial charge >= 0.3 is 5.97 Å². The van der Waals surface area contributed by atoms with Crippen molar-refractivity contribution in [3.05, 3.63) is 63.6 Å². The smallest absolute Gasteiger partial charge is 0.338 e. The summed E-state index contributed by atoms with van der Waals surface area (Å²) in [6.45, 7) is 1.57. The summed E-state index contributed by atoms with van der Waals surface area (Å²) in [6, 6.07) is 11.7. The highest BCUT2D eigenvalue weighted by atomic mass is 35.5. The summed E-state index contributed by atoms with van der Waals surface area (Å²) < 4.78 is 12.6. The van der Waals surface area contributed by atoms with Gasteiger partial charge in [0.05, 0.1) is 15.6 Å². The Morgan fingerprint density at radius 1 is 1.14 bits per heavy atom. The Hall–Kier alpha value is -1.72. The second-order valence-corrected chi connectivity index (χ2v) is 8.02. The van der Waals surface area contributed by atoms with E-state index in [1.54, 1.807) is 30.9 Å². The molecule has 0 aromatic heterocycles. The summed E-state index contributed by atoms with van der Waals surface area (Å²) in [4.78, 5) is 11.0. The molecule has 0 heterocycles. The van der Waals surface area contributed by atoms with E-state index in [2.05, 4.69) is 11.6 Å². The fourth-order valence-corrected chi connectivity index (χ4v) is 3.66. The summed E-state index contributed by atoms with van der Waals surface area (Å²) in [6.07, 6.45) is 0. The van der Waals surface area contributed by atoms with Gasteiger partial charge in [-0.15, -0.1) is 0 Å². The summed E-state index contributed by atoms with van der Waals surface area (Å²) >= 11 is 11.8. The monoisotopic (exact) mass is 352 g/mol. The van der Waals surface area contributed by atoms with Gasteiger partial charge in [0.15, 0.2) is 7.14 Å². The molecule has 0 spiro atoms. The maximum atomic E-state index is 12.6. The number of carboxylic acids is 1. The molecule has 1 N–H and O–H groups in total. The normalized spacial score (nSPS) is 12.9. The third kappa shape index (κ3) is 3.72. The minimum Gasteiger partial charge on any atom is -0.478 e. The number of rotatable bonds is 2. The van der Waals surface area contributed by atoms with Crippen molar-refractivity contribution in [2.75, 3.05) is 6.66 Å². The van der Waals surface area contributed by atoms with Gasteiger partial charge in [-0.2, -0.15) is 0 Å². The van der Waals surface area contributed by atoms with Crippen molar-refractivity contribution in [2.24, 2.45) is 0 Å². The maximum absolute atomic E-state index is 12.6. The van der Waals surface area contributed by atoms with E-state index in [1.807, 2.05) is 6.07 Å².